The molecule has 0 fully saturated rings. The number of benzene rings is 3. The molecule has 1 heterocycles. The van der Waals surface area contributed by atoms with E-state index in [4.69, 9.17) is 42.6 Å². The van der Waals surface area contributed by atoms with Crippen LogP contribution in [-0.4, -0.2) is 42.7 Å². The third-order valence-electron chi connectivity index (χ3n) is 4.97. The van der Waals surface area contributed by atoms with Gasteiger partial charge in [-0.1, -0.05) is 0 Å². The molecule has 3 aromatic carbocycles. The van der Waals surface area contributed by atoms with Crippen molar-refractivity contribution in [3.05, 3.63) is 36.4 Å². The van der Waals surface area contributed by atoms with Gasteiger partial charge in [-0.2, -0.15) is 0 Å². The quantitative estimate of drug-likeness (QED) is 0.345. The van der Waals surface area contributed by atoms with Crippen LogP contribution < -0.4 is 42.6 Å². The second-order valence-corrected chi connectivity index (χ2v) is 6.78. The summed E-state index contributed by atoms with van der Waals surface area (Å²) >= 11 is 0. The zero-order valence-corrected chi connectivity index (χ0v) is 19.1. The molecule has 0 atom stereocenters. The molecule has 174 valence electrons. The van der Waals surface area contributed by atoms with Crippen molar-refractivity contribution in [3.8, 4) is 69.0 Å². The summed E-state index contributed by atoms with van der Waals surface area (Å²) in [5.74, 6) is 4.87. The van der Waals surface area contributed by atoms with E-state index in [9.17, 15) is 0 Å². The van der Waals surface area contributed by atoms with Gasteiger partial charge in [0.1, 0.15) is 23.0 Å². The van der Waals surface area contributed by atoms with E-state index in [1.807, 2.05) is 0 Å². The fourth-order valence-electron chi connectivity index (χ4n) is 3.33. The Morgan fingerprint density at radius 2 is 1.00 bits per heavy atom. The monoisotopic (exact) mass is 456 g/mol. The first-order valence-corrected chi connectivity index (χ1v) is 9.86. The van der Waals surface area contributed by atoms with Crippen molar-refractivity contribution in [2.75, 3.05) is 42.7 Å². The van der Waals surface area contributed by atoms with Gasteiger partial charge in [-0.3, -0.25) is 0 Å². The Morgan fingerprint density at radius 1 is 0.455 bits per heavy atom. The van der Waals surface area contributed by atoms with Crippen LogP contribution in [-0.2, 0) is 0 Å². The Labute approximate surface area is 191 Å². The van der Waals surface area contributed by atoms with Crippen molar-refractivity contribution in [2.24, 2.45) is 0 Å². The molecule has 9 heteroatoms. The number of ether oxygens (including phenoxy) is 9. The van der Waals surface area contributed by atoms with Gasteiger partial charge < -0.3 is 42.6 Å². The average molecular weight is 456 g/mol. The van der Waals surface area contributed by atoms with E-state index in [2.05, 4.69) is 0 Å². The van der Waals surface area contributed by atoms with E-state index in [0.29, 0.717) is 57.5 Å². The maximum atomic E-state index is 6.25. The molecule has 0 amide bonds. The van der Waals surface area contributed by atoms with Gasteiger partial charge >= 0.3 is 0 Å². The van der Waals surface area contributed by atoms with Crippen LogP contribution in [0.4, 0.5) is 0 Å². The van der Waals surface area contributed by atoms with E-state index >= 15 is 0 Å². The second-order valence-electron chi connectivity index (χ2n) is 6.78. The Morgan fingerprint density at radius 3 is 1.58 bits per heavy atom. The molecule has 4 rings (SSSR count). The summed E-state index contributed by atoms with van der Waals surface area (Å²) in [7, 11) is 9.24. The summed E-state index contributed by atoms with van der Waals surface area (Å²) in [6.07, 6.45) is 0. The number of hydrogen-bond donors (Lipinski definition) is 0. The molecule has 0 bridgehead atoms. The van der Waals surface area contributed by atoms with E-state index in [-0.39, 0.29) is 11.5 Å². The van der Waals surface area contributed by atoms with Gasteiger partial charge in [0.05, 0.1) is 42.7 Å². The van der Waals surface area contributed by atoms with Crippen molar-refractivity contribution in [2.45, 2.75) is 0 Å². The van der Waals surface area contributed by atoms with Crippen LogP contribution in [0.1, 0.15) is 0 Å². The normalized spacial score (nSPS) is 11.2. The molecule has 0 N–H and O–H groups in total. The average Bonchev–Trinajstić information content (AvgIpc) is 2.86. The number of rotatable bonds is 8. The Balaban J connectivity index is 1.87. The summed E-state index contributed by atoms with van der Waals surface area (Å²) in [5.41, 5.74) is 0. The summed E-state index contributed by atoms with van der Waals surface area (Å²) in [4.78, 5) is 0. The zero-order valence-electron chi connectivity index (χ0n) is 19.1. The molecule has 0 radical (unpaired) electrons. The van der Waals surface area contributed by atoms with Crippen molar-refractivity contribution < 1.29 is 42.6 Å². The van der Waals surface area contributed by atoms with E-state index in [0.717, 1.165) is 0 Å². The smallest absolute Gasteiger partial charge is 0.220 e. The fraction of sp³-hybridized carbons (Fsp3) is 0.250. The topological polar surface area (TPSA) is 83.1 Å². The first-order valence-electron chi connectivity index (χ1n) is 9.86. The van der Waals surface area contributed by atoms with Crippen LogP contribution in [0.15, 0.2) is 36.4 Å². The highest BCUT2D eigenvalue weighted by molar-refractivity contribution is 5.72. The largest absolute Gasteiger partial charge is 0.496 e. The molecule has 0 unspecified atom stereocenters. The molecule has 33 heavy (non-hydrogen) atoms. The van der Waals surface area contributed by atoms with Crippen LogP contribution in [0.3, 0.4) is 0 Å². The summed E-state index contributed by atoms with van der Waals surface area (Å²) in [6.45, 7) is 0. The molecular formula is C24H24O9. The SMILES string of the molecule is COc1cc(OC)cc(Oc2c(OC)cc(OC)c3c2Oc2c(OC)cc(OC)cc2O3)c1. The minimum atomic E-state index is 0.254. The lowest BCUT2D eigenvalue weighted by Crippen LogP contribution is -2.06. The van der Waals surface area contributed by atoms with Gasteiger partial charge in [0.2, 0.25) is 23.0 Å². The molecule has 3 aromatic rings. The van der Waals surface area contributed by atoms with Gasteiger partial charge in [0.25, 0.3) is 0 Å². The Kier molecular flexibility index (Phi) is 6.12. The molecule has 1 aliphatic heterocycles. The highest BCUT2D eigenvalue weighted by Crippen LogP contribution is 2.60. The predicted molar refractivity (Wildman–Crippen MR) is 119 cm³/mol. The van der Waals surface area contributed by atoms with Crippen LogP contribution in [0.25, 0.3) is 0 Å². The summed E-state index contributed by atoms with van der Waals surface area (Å²) in [5, 5.41) is 0. The molecule has 9 nitrogen and oxygen atoms in total. The lowest BCUT2D eigenvalue weighted by Gasteiger charge is -2.26. The number of fused-ring (bicyclic) bond motifs is 2. The zero-order chi connectivity index (χ0) is 23.5. The molecule has 0 saturated heterocycles. The summed E-state index contributed by atoms with van der Waals surface area (Å²) < 4.78 is 51.2. The third-order valence-corrected chi connectivity index (χ3v) is 4.97. The first kappa shape index (κ1) is 22.1. The minimum Gasteiger partial charge on any atom is -0.496 e. The lowest BCUT2D eigenvalue weighted by atomic mass is 10.2. The van der Waals surface area contributed by atoms with Gasteiger partial charge in [-0.25, -0.2) is 0 Å². The van der Waals surface area contributed by atoms with E-state index in [1.54, 1.807) is 57.7 Å². The highest BCUT2D eigenvalue weighted by Gasteiger charge is 2.33. The lowest BCUT2D eigenvalue weighted by molar-refractivity contribution is 0.288. The van der Waals surface area contributed by atoms with Gasteiger partial charge in [-0.15, -0.1) is 0 Å². The first-order chi connectivity index (χ1) is 16.0. The van der Waals surface area contributed by atoms with Crippen molar-refractivity contribution in [1.29, 1.82) is 0 Å². The van der Waals surface area contributed by atoms with E-state index in [1.165, 1.54) is 21.3 Å². The molecule has 1 aliphatic rings. The van der Waals surface area contributed by atoms with Crippen LogP contribution in [0.5, 0.6) is 69.0 Å². The highest BCUT2D eigenvalue weighted by atomic mass is 16.6. The fourth-order valence-corrected chi connectivity index (χ4v) is 3.33. The third kappa shape index (κ3) is 4.05. The molecular weight excluding hydrogens is 432 g/mol. The van der Waals surface area contributed by atoms with Gasteiger partial charge in [-0.05, 0) is 0 Å². The van der Waals surface area contributed by atoms with Gasteiger partial charge in [0.15, 0.2) is 23.0 Å². The second kappa shape index (κ2) is 9.15. The Hall–Kier alpha value is -4.14. The maximum absolute atomic E-state index is 6.25. The molecule has 0 aromatic heterocycles. The van der Waals surface area contributed by atoms with Crippen molar-refractivity contribution in [3.63, 3.8) is 0 Å². The van der Waals surface area contributed by atoms with Crippen LogP contribution >= 0.6 is 0 Å². The standard InChI is InChI=1S/C24H24O9/c1-25-13-7-14(26-2)9-16(8-13)31-22-18(29-5)12-19(30-6)23-24(22)33-21-17(28-4)10-15(27-3)11-20(21)32-23/h7-12H,1-6H3. The number of hydrogen-bond acceptors (Lipinski definition) is 9. The van der Waals surface area contributed by atoms with Crippen molar-refractivity contribution >= 4 is 0 Å². The molecule has 0 spiro atoms. The van der Waals surface area contributed by atoms with Crippen LogP contribution in [0, 0.1) is 0 Å². The maximum Gasteiger partial charge on any atom is 0.220 e. The van der Waals surface area contributed by atoms with Crippen molar-refractivity contribution in [1.82, 2.24) is 0 Å². The predicted octanol–water partition coefficient (Wildman–Crippen LogP) is 5.43. The minimum absolute atomic E-state index is 0.254. The molecule has 0 aliphatic carbocycles. The Bertz CT molecular complexity index is 1150. The van der Waals surface area contributed by atoms with Gasteiger partial charge in [0, 0.05) is 36.4 Å². The number of methoxy groups -OCH3 is 6. The van der Waals surface area contributed by atoms with Crippen LogP contribution in [0.2, 0.25) is 0 Å². The van der Waals surface area contributed by atoms with E-state index < -0.39 is 0 Å². The summed E-state index contributed by atoms with van der Waals surface area (Å²) in [6, 6.07) is 10.2. The molecule has 0 saturated carbocycles.